The van der Waals surface area contributed by atoms with Crippen LogP contribution in [0.4, 0.5) is 5.69 Å². The van der Waals surface area contributed by atoms with E-state index in [1.807, 2.05) is 0 Å². The van der Waals surface area contributed by atoms with Crippen LogP contribution in [-0.2, 0) is 5.41 Å². The second-order valence-corrected chi connectivity index (χ2v) is 7.27. The Kier molecular flexibility index (Phi) is 5.10. The molecule has 0 bridgehead atoms. The predicted octanol–water partition coefficient (Wildman–Crippen LogP) is 5.93. The number of hydrogen-bond donors (Lipinski definition) is 1. The smallest absolute Gasteiger partial charge is 0.0383 e. The molecule has 0 radical (unpaired) electrons. The lowest BCUT2D eigenvalue weighted by Gasteiger charge is -2.30. The number of hydrogen-bond acceptors (Lipinski definition) is 1. The molecule has 0 aliphatic rings. The van der Waals surface area contributed by atoms with Gasteiger partial charge in [0.15, 0.2) is 0 Å². The van der Waals surface area contributed by atoms with E-state index in [2.05, 4.69) is 97.5 Å². The van der Waals surface area contributed by atoms with Gasteiger partial charge in [0, 0.05) is 16.2 Å². The van der Waals surface area contributed by atoms with Crippen molar-refractivity contribution in [3.8, 4) is 0 Å². The summed E-state index contributed by atoms with van der Waals surface area (Å²) in [5.41, 5.74) is 4.03. The first-order valence-electron chi connectivity index (χ1n) is 7.47. The highest BCUT2D eigenvalue weighted by atomic mass is 79.9. The van der Waals surface area contributed by atoms with Gasteiger partial charge in [-0.2, -0.15) is 0 Å². The molecule has 0 saturated heterocycles. The maximum absolute atomic E-state index is 3.65. The van der Waals surface area contributed by atoms with E-state index in [1.165, 1.54) is 16.8 Å². The Labute approximate surface area is 136 Å². The average Bonchev–Trinajstić information content (AvgIpc) is 2.44. The van der Waals surface area contributed by atoms with Crippen LogP contribution in [0.25, 0.3) is 0 Å². The van der Waals surface area contributed by atoms with E-state index in [9.17, 15) is 0 Å². The lowest BCUT2D eigenvalue weighted by molar-refractivity contribution is 0.450. The topological polar surface area (TPSA) is 12.0 Å². The van der Waals surface area contributed by atoms with Crippen LogP contribution < -0.4 is 5.32 Å². The van der Waals surface area contributed by atoms with Gasteiger partial charge >= 0.3 is 0 Å². The molecule has 0 saturated carbocycles. The summed E-state index contributed by atoms with van der Waals surface area (Å²) >= 11 is 3.59. The third kappa shape index (κ3) is 4.10. The molecule has 2 heteroatoms. The molecule has 1 N–H and O–H groups in total. The second kappa shape index (κ2) is 6.65. The van der Waals surface area contributed by atoms with E-state index in [-0.39, 0.29) is 5.41 Å². The summed E-state index contributed by atoms with van der Waals surface area (Å²) in [6.07, 6.45) is 1.09. The van der Waals surface area contributed by atoms with Gasteiger partial charge in [0.2, 0.25) is 0 Å². The van der Waals surface area contributed by atoms with Gasteiger partial charge in [-0.1, -0.05) is 66.2 Å². The minimum atomic E-state index is 0.160. The summed E-state index contributed by atoms with van der Waals surface area (Å²) in [5.74, 6) is 0. The zero-order valence-electron chi connectivity index (χ0n) is 13.3. The van der Waals surface area contributed by atoms with Gasteiger partial charge in [0.05, 0.1) is 0 Å². The highest BCUT2D eigenvalue weighted by Crippen LogP contribution is 2.30. The fourth-order valence-electron chi connectivity index (χ4n) is 2.85. The summed E-state index contributed by atoms with van der Waals surface area (Å²) in [7, 11) is 0. The van der Waals surface area contributed by atoms with Crippen LogP contribution in [0.2, 0.25) is 0 Å². The summed E-state index contributed by atoms with van der Waals surface area (Å²) < 4.78 is 1.15. The van der Waals surface area contributed by atoms with Crippen LogP contribution in [0.3, 0.4) is 0 Å². The lowest BCUT2D eigenvalue weighted by Crippen LogP contribution is -2.28. The van der Waals surface area contributed by atoms with Crippen LogP contribution in [0.5, 0.6) is 0 Å². The molecule has 0 aliphatic carbocycles. The van der Waals surface area contributed by atoms with Crippen molar-refractivity contribution in [3.05, 3.63) is 64.1 Å². The molecule has 2 aromatic rings. The SMILES string of the molecule is Cc1c(Br)cccc1NC(C)CC(C)(C)c1ccccc1. The molecule has 1 unspecified atom stereocenters. The number of anilines is 1. The van der Waals surface area contributed by atoms with Gasteiger partial charge in [-0.25, -0.2) is 0 Å². The molecule has 0 amide bonds. The predicted molar refractivity (Wildman–Crippen MR) is 96.0 cm³/mol. The van der Waals surface area contributed by atoms with Crippen molar-refractivity contribution in [2.45, 2.75) is 45.6 Å². The molecule has 112 valence electrons. The maximum atomic E-state index is 3.65. The third-order valence-corrected chi connectivity index (χ3v) is 4.90. The van der Waals surface area contributed by atoms with E-state index in [1.54, 1.807) is 0 Å². The number of benzene rings is 2. The molecule has 0 fully saturated rings. The molecule has 1 nitrogen and oxygen atoms in total. The van der Waals surface area contributed by atoms with Crippen molar-refractivity contribution in [1.82, 2.24) is 0 Å². The zero-order valence-corrected chi connectivity index (χ0v) is 14.9. The highest BCUT2D eigenvalue weighted by molar-refractivity contribution is 9.10. The van der Waals surface area contributed by atoms with Crippen LogP contribution in [0.1, 0.15) is 38.3 Å². The molecular formula is C19H24BrN. The first-order valence-corrected chi connectivity index (χ1v) is 8.26. The molecule has 0 aliphatic heterocycles. The van der Waals surface area contributed by atoms with Crippen LogP contribution in [-0.4, -0.2) is 6.04 Å². The van der Waals surface area contributed by atoms with Gasteiger partial charge < -0.3 is 5.32 Å². The van der Waals surface area contributed by atoms with Crippen molar-refractivity contribution in [2.24, 2.45) is 0 Å². The Morgan fingerprint density at radius 3 is 2.38 bits per heavy atom. The van der Waals surface area contributed by atoms with E-state index in [4.69, 9.17) is 0 Å². The monoisotopic (exact) mass is 345 g/mol. The van der Waals surface area contributed by atoms with Crippen molar-refractivity contribution in [1.29, 1.82) is 0 Å². The normalized spacial score (nSPS) is 13.0. The molecule has 0 heterocycles. The summed E-state index contributed by atoms with van der Waals surface area (Å²) in [6.45, 7) is 9.02. The van der Waals surface area contributed by atoms with Gasteiger partial charge in [0.25, 0.3) is 0 Å². The van der Waals surface area contributed by atoms with Crippen LogP contribution in [0.15, 0.2) is 53.0 Å². The van der Waals surface area contributed by atoms with E-state index in [0.717, 1.165) is 10.9 Å². The summed E-state index contributed by atoms with van der Waals surface area (Å²) in [5, 5.41) is 3.65. The summed E-state index contributed by atoms with van der Waals surface area (Å²) in [4.78, 5) is 0. The second-order valence-electron chi connectivity index (χ2n) is 6.41. The average molecular weight is 346 g/mol. The maximum Gasteiger partial charge on any atom is 0.0383 e. The molecule has 2 aromatic carbocycles. The van der Waals surface area contributed by atoms with Crippen molar-refractivity contribution in [2.75, 3.05) is 5.32 Å². The Bertz CT molecular complexity index is 590. The van der Waals surface area contributed by atoms with Gasteiger partial charge in [-0.05, 0) is 48.9 Å². The van der Waals surface area contributed by atoms with Gasteiger partial charge in [0.1, 0.15) is 0 Å². The molecule has 2 rings (SSSR count). The zero-order chi connectivity index (χ0) is 15.5. The fourth-order valence-corrected chi connectivity index (χ4v) is 3.22. The Hall–Kier alpha value is -1.28. The lowest BCUT2D eigenvalue weighted by atomic mass is 9.79. The Morgan fingerprint density at radius 1 is 1.05 bits per heavy atom. The first-order chi connectivity index (χ1) is 9.90. The first kappa shape index (κ1) is 16.1. The van der Waals surface area contributed by atoms with Crippen molar-refractivity contribution in [3.63, 3.8) is 0 Å². The summed E-state index contributed by atoms with van der Waals surface area (Å²) in [6, 6.07) is 17.5. The minimum absolute atomic E-state index is 0.160. The van der Waals surface area contributed by atoms with Crippen LogP contribution in [0, 0.1) is 6.92 Å². The van der Waals surface area contributed by atoms with Gasteiger partial charge in [-0.3, -0.25) is 0 Å². The molecule has 0 spiro atoms. The van der Waals surface area contributed by atoms with E-state index < -0.39 is 0 Å². The quantitative estimate of drug-likeness (QED) is 0.708. The van der Waals surface area contributed by atoms with E-state index >= 15 is 0 Å². The number of nitrogens with one attached hydrogen (secondary N) is 1. The highest BCUT2D eigenvalue weighted by Gasteiger charge is 2.23. The minimum Gasteiger partial charge on any atom is -0.382 e. The van der Waals surface area contributed by atoms with E-state index in [0.29, 0.717) is 6.04 Å². The molecule has 1 atom stereocenters. The van der Waals surface area contributed by atoms with Crippen molar-refractivity contribution < 1.29 is 0 Å². The Balaban J connectivity index is 2.08. The third-order valence-electron chi connectivity index (χ3n) is 4.04. The van der Waals surface area contributed by atoms with Crippen molar-refractivity contribution >= 4 is 21.6 Å². The number of rotatable bonds is 5. The fraction of sp³-hybridized carbons (Fsp3) is 0.368. The van der Waals surface area contributed by atoms with Gasteiger partial charge in [-0.15, -0.1) is 0 Å². The molecule has 21 heavy (non-hydrogen) atoms. The largest absolute Gasteiger partial charge is 0.382 e. The van der Waals surface area contributed by atoms with Crippen LogP contribution >= 0.6 is 15.9 Å². The molecular weight excluding hydrogens is 322 g/mol. The molecule has 0 aromatic heterocycles. The number of halogens is 1. The standard InChI is InChI=1S/C19H24BrN/c1-14(21-18-12-8-11-17(20)15(18)2)13-19(3,4)16-9-6-5-7-10-16/h5-12,14,21H,13H2,1-4H3. The Morgan fingerprint density at radius 2 is 1.71 bits per heavy atom.